The predicted molar refractivity (Wildman–Crippen MR) is 129 cm³/mol. The predicted octanol–water partition coefficient (Wildman–Crippen LogP) is 5.87. The average molecular weight is 461 g/mol. The van der Waals surface area contributed by atoms with Crippen molar-refractivity contribution in [2.45, 2.75) is 25.6 Å². The summed E-state index contributed by atoms with van der Waals surface area (Å²) in [6.45, 7) is 2.61. The minimum absolute atomic E-state index is 0.139. The van der Waals surface area contributed by atoms with Gasteiger partial charge >= 0.3 is 0 Å². The third-order valence-electron chi connectivity index (χ3n) is 5.72. The summed E-state index contributed by atoms with van der Waals surface area (Å²) in [4.78, 5) is 11.0. The maximum Gasteiger partial charge on any atom is 0.170 e. The lowest BCUT2D eigenvalue weighted by Crippen LogP contribution is -2.29. The Kier molecular flexibility index (Phi) is 5.64. The largest absolute Gasteiger partial charge is 0.459 e. The summed E-state index contributed by atoms with van der Waals surface area (Å²) in [6, 6.07) is 19.4. The fourth-order valence-corrected chi connectivity index (χ4v) is 4.58. The molecule has 2 atom stereocenters. The Hall–Kier alpha value is -3.22. The topological polar surface area (TPSA) is 54.2 Å². The van der Waals surface area contributed by atoms with E-state index in [0.29, 0.717) is 16.7 Å². The molecule has 0 saturated carbocycles. The summed E-state index contributed by atoms with van der Waals surface area (Å²) in [5, 5.41) is 4.83. The number of hydrogen-bond acceptors (Lipinski definition) is 4. The Labute approximate surface area is 197 Å². The summed E-state index contributed by atoms with van der Waals surface area (Å²) >= 11 is 12.1. The van der Waals surface area contributed by atoms with Crippen molar-refractivity contribution in [1.82, 2.24) is 20.2 Å². The molecule has 160 valence electrons. The number of halogens is 1. The van der Waals surface area contributed by atoms with Crippen LogP contribution in [0.2, 0.25) is 5.02 Å². The highest BCUT2D eigenvalue weighted by Gasteiger charge is 2.41. The number of rotatable bonds is 5. The lowest BCUT2D eigenvalue weighted by Gasteiger charge is -2.26. The number of thiocarbonyl (C=S) groups is 1. The Morgan fingerprint density at radius 3 is 2.75 bits per heavy atom. The van der Waals surface area contributed by atoms with Crippen LogP contribution >= 0.6 is 23.8 Å². The van der Waals surface area contributed by atoms with Crippen LogP contribution in [-0.2, 0) is 6.54 Å². The summed E-state index contributed by atoms with van der Waals surface area (Å²) in [5.41, 5.74) is 3.94. The molecule has 0 amide bonds. The van der Waals surface area contributed by atoms with Gasteiger partial charge in [0.25, 0.3) is 0 Å². The molecule has 0 spiro atoms. The third-order valence-corrected chi connectivity index (χ3v) is 6.49. The lowest BCUT2D eigenvalue weighted by atomic mass is 10.0. The Morgan fingerprint density at radius 1 is 1.06 bits per heavy atom. The smallest absolute Gasteiger partial charge is 0.170 e. The van der Waals surface area contributed by atoms with E-state index in [0.717, 1.165) is 33.9 Å². The van der Waals surface area contributed by atoms with Gasteiger partial charge in [0.05, 0.1) is 11.7 Å². The van der Waals surface area contributed by atoms with Crippen molar-refractivity contribution in [1.29, 1.82) is 0 Å². The van der Waals surface area contributed by atoms with Crippen LogP contribution in [0.25, 0.3) is 11.3 Å². The molecule has 7 heteroatoms. The molecular weight excluding hydrogens is 440 g/mol. The summed E-state index contributed by atoms with van der Waals surface area (Å²) in [6.07, 6.45) is 5.42. The molecule has 0 radical (unpaired) electrons. The van der Waals surface area contributed by atoms with Gasteiger partial charge in [-0.25, -0.2) is 0 Å². The van der Waals surface area contributed by atoms with Gasteiger partial charge in [0.1, 0.15) is 17.6 Å². The molecule has 1 fully saturated rings. The van der Waals surface area contributed by atoms with Gasteiger partial charge in [-0.05, 0) is 66.7 Å². The first-order valence-corrected chi connectivity index (χ1v) is 11.1. The molecule has 0 aliphatic carbocycles. The molecule has 2 unspecified atom stereocenters. The average Bonchev–Trinajstić information content (AvgIpc) is 3.42. The van der Waals surface area contributed by atoms with E-state index in [1.165, 1.54) is 0 Å². The van der Waals surface area contributed by atoms with E-state index in [1.54, 1.807) is 12.4 Å². The van der Waals surface area contributed by atoms with E-state index < -0.39 is 0 Å². The van der Waals surface area contributed by atoms with Gasteiger partial charge in [-0.2, -0.15) is 0 Å². The van der Waals surface area contributed by atoms with Crippen molar-refractivity contribution in [2.75, 3.05) is 0 Å². The minimum Gasteiger partial charge on any atom is -0.459 e. The molecule has 3 aromatic heterocycles. The summed E-state index contributed by atoms with van der Waals surface area (Å²) in [7, 11) is 0. The van der Waals surface area contributed by atoms with Crippen LogP contribution in [0, 0.1) is 6.92 Å². The highest BCUT2D eigenvalue weighted by molar-refractivity contribution is 7.80. The molecule has 32 heavy (non-hydrogen) atoms. The molecule has 0 bridgehead atoms. The fourth-order valence-electron chi connectivity index (χ4n) is 4.10. The second kappa shape index (κ2) is 8.73. The molecule has 1 aliphatic rings. The van der Waals surface area contributed by atoms with Crippen LogP contribution in [0.15, 0.2) is 83.7 Å². The quantitative estimate of drug-likeness (QED) is 0.376. The highest BCUT2D eigenvalue weighted by atomic mass is 35.5. The van der Waals surface area contributed by atoms with E-state index in [9.17, 15) is 0 Å². The Morgan fingerprint density at radius 2 is 1.97 bits per heavy atom. The monoisotopic (exact) mass is 460 g/mol. The standard InChI is InChI=1S/C25H21ClN4OS/c1-16-18(7-4-8-19(16)26)21-10-11-22(31-21)24-23(20-9-2-3-13-28-20)29-25(32)30(24)15-17-6-5-12-27-14-17/h2-14,23-24H,15H2,1H3,(H,29,32). The second-order valence-corrected chi connectivity index (χ2v) is 8.52. The molecule has 1 saturated heterocycles. The van der Waals surface area contributed by atoms with Crippen molar-refractivity contribution in [3.63, 3.8) is 0 Å². The molecule has 1 aromatic carbocycles. The van der Waals surface area contributed by atoms with Crippen LogP contribution in [0.1, 0.15) is 34.7 Å². The van der Waals surface area contributed by atoms with Crippen LogP contribution < -0.4 is 5.32 Å². The van der Waals surface area contributed by atoms with Crippen LogP contribution in [-0.4, -0.2) is 20.0 Å². The minimum atomic E-state index is -0.161. The van der Waals surface area contributed by atoms with Gasteiger partial charge < -0.3 is 14.6 Å². The van der Waals surface area contributed by atoms with Gasteiger partial charge in [-0.1, -0.05) is 35.9 Å². The SMILES string of the molecule is Cc1c(Cl)cccc1-c1ccc(C2C(c3ccccn3)NC(=S)N2Cc2cccnc2)o1. The first kappa shape index (κ1) is 20.7. The van der Waals surface area contributed by atoms with Gasteiger partial charge in [0.2, 0.25) is 0 Å². The Bertz CT molecular complexity index is 1250. The van der Waals surface area contributed by atoms with Crippen LogP contribution in [0.4, 0.5) is 0 Å². The number of furan rings is 1. The zero-order valence-electron chi connectivity index (χ0n) is 17.4. The van der Waals surface area contributed by atoms with Crippen molar-refractivity contribution in [2.24, 2.45) is 0 Å². The zero-order valence-corrected chi connectivity index (χ0v) is 19.0. The number of hydrogen-bond donors (Lipinski definition) is 1. The molecule has 1 N–H and O–H groups in total. The Balaban J connectivity index is 1.56. The van der Waals surface area contributed by atoms with E-state index in [4.69, 9.17) is 28.2 Å². The van der Waals surface area contributed by atoms with E-state index in [2.05, 4.69) is 20.2 Å². The first-order valence-electron chi connectivity index (χ1n) is 10.3. The maximum atomic E-state index is 6.41. The molecule has 4 aromatic rings. The molecule has 5 rings (SSSR count). The van der Waals surface area contributed by atoms with Gasteiger partial charge in [0, 0.05) is 35.7 Å². The molecular formula is C25H21ClN4OS. The second-order valence-electron chi connectivity index (χ2n) is 7.73. The van der Waals surface area contributed by atoms with Gasteiger partial charge in [-0.15, -0.1) is 0 Å². The number of pyridine rings is 2. The van der Waals surface area contributed by atoms with Crippen molar-refractivity contribution in [3.05, 3.63) is 107 Å². The van der Waals surface area contributed by atoms with E-state index >= 15 is 0 Å². The molecule has 4 heterocycles. The van der Waals surface area contributed by atoms with E-state index in [-0.39, 0.29) is 12.1 Å². The van der Waals surface area contributed by atoms with Crippen molar-refractivity contribution >= 4 is 28.9 Å². The van der Waals surface area contributed by atoms with Crippen LogP contribution in [0.5, 0.6) is 0 Å². The number of benzene rings is 1. The lowest BCUT2D eigenvalue weighted by molar-refractivity contribution is 0.269. The number of aromatic nitrogens is 2. The van der Waals surface area contributed by atoms with Gasteiger partial charge in [0.15, 0.2) is 5.11 Å². The third kappa shape index (κ3) is 3.87. The highest BCUT2D eigenvalue weighted by Crippen LogP contribution is 2.41. The first-order chi connectivity index (χ1) is 15.6. The maximum absolute atomic E-state index is 6.41. The zero-order chi connectivity index (χ0) is 22.1. The molecule has 1 aliphatic heterocycles. The molecule has 5 nitrogen and oxygen atoms in total. The normalized spacial score (nSPS) is 18.1. The fraction of sp³-hybridized carbons (Fsp3) is 0.160. The van der Waals surface area contributed by atoms with Crippen molar-refractivity contribution in [3.8, 4) is 11.3 Å². The number of nitrogens with one attached hydrogen (secondary N) is 1. The van der Waals surface area contributed by atoms with E-state index in [1.807, 2.05) is 73.8 Å². The summed E-state index contributed by atoms with van der Waals surface area (Å²) in [5.74, 6) is 1.59. The van der Waals surface area contributed by atoms with Gasteiger partial charge in [-0.3, -0.25) is 9.97 Å². The summed E-state index contributed by atoms with van der Waals surface area (Å²) < 4.78 is 6.41. The van der Waals surface area contributed by atoms with Crippen LogP contribution in [0.3, 0.4) is 0 Å². The number of nitrogens with zero attached hydrogens (tertiary/aromatic N) is 3. The van der Waals surface area contributed by atoms with Crippen molar-refractivity contribution < 1.29 is 4.42 Å².